The first kappa shape index (κ1) is 16.5. The first-order chi connectivity index (χ1) is 10.7. The van der Waals surface area contributed by atoms with Gasteiger partial charge in [0.15, 0.2) is 0 Å². The van der Waals surface area contributed by atoms with E-state index in [0.29, 0.717) is 19.4 Å². The van der Waals surface area contributed by atoms with Crippen LogP contribution in [0.3, 0.4) is 0 Å². The minimum absolute atomic E-state index is 0.0732. The lowest BCUT2D eigenvalue weighted by Crippen LogP contribution is -2.26. The Balaban J connectivity index is 1.72. The number of nitrogens with one attached hydrogen (secondary N) is 1. The summed E-state index contributed by atoms with van der Waals surface area (Å²) in [4.78, 5) is 11.7. The fraction of sp³-hybridized carbons (Fsp3) is 0.421. The van der Waals surface area contributed by atoms with E-state index in [2.05, 4.69) is 35.6 Å². The van der Waals surface area contributed by atoms with Crippen LogP contribution >= 0.6 is 0 Å². The summed E-state index contributed by atoms with van der Waals surface area (Å²) in [5, 5.41) is 14.8. The molecular formula is C19H25NO2. The fourth-order valence-electron chi connectivity index (χ4n) is 2.52. The summed E-state index contributed by atoms with van der Waals surface area (Å²) in [5.41, 5.74) is 1.27. The average molecular weight is 299 g/mol. The highest BCUT2D eigenvalue weighted by atomic mass is 16.3. The maximum atomic E-state index is 11.7. The number of benzene rings is 2. The quantitative estimate of drug-likeness (QED) is 0.784. The van der Waals surface area contributed by atoms with Gasteiger partial charge in [0.05, 0.1) is 6.10 Å². The number of aryl methyl sites for hydroxylation is 1. The zero-order valence-electron chi connectivity index (χ0n) is 13.2. The third-order valence-electron chi connectivity index (χ3n) is 3.95. The van der Waals surface area contributed by atoms with Gasteiger partial charge in [-0.1, -0.05) is 49.4 Å². The summed E-state index contributed by atoms with van der Waals surface area (Å²) < 4.78 is 0. The zero-order valence-corrected chi connectivity index (χ0v) is 13.2. The molecule has 1 atom stereocenters. The minimum Gasteiger partial charge on any atom is -0.393 e. The summed E-state index contributed by atoms with van der Waals surface area (Å²) in [7, 11) is 0. The molecule has 3 nitrogen and oxygen atoms in total. The largest absolute Gasteiger partial charge is 0.393 e. The van der Waals surface area contributed by atoms with E-state index in [1.54, 1.807) is 0 Å². The smallest absolute Gasteiger partial charge is 0.220 e. The van der Waals surface area contributed by atoms with Crippen molar-refractivity contribution in [1.29, 1.82) is 0 Å². The van der Waals surface area contributed by atoms with Crippen molar-refractivity contribution in [1.82, 2.24) is 5.32 Å². The molecule has 2 rings (SSSR count). The number of carbonyl (C=O) groups excluding carboxylic acids is 1. The van der Waals surface area contributed by atoms with Crippen molar-refractivity contribution in [3.8, 4) is 0 Å². The molecule has 0 spiro atoms. The van der Waals surface area contributed by atoms with Gasteiger partial charge in [-0.05, 0) is 42.0 Å². The first-order valence-electron chi connectivity index (χ1n) is 8.11. The van der Waals surface area contributed by atoms with Crippen LogP contribution in [-0.4, -0.2) is 23.7 Å². The van der Waals surface area contributed by atoms with Crippen molar-refractivity contribution in [2.75, 3.05) is 6.54 Å². The van der Waals surface area contributed by atoms with Gasteiger partial charge < -0.3 is 10.4 Å². The highest BCUT2D eigenvalue weighted by molar-refractivity contribution is 5.83. The Bertz CT molecular complexity index is 609. The molecule has 1 unspecified atom stereocenters. The lowest BCUT2D eigenvalue weighted by molar-refractivity contribution is -0.121. The van der Waals surface area contributed by atoms with Crippen LogP contribution in [0.15, 0.2) is 42.5 Å². The Labute approximate surface area is 132 Å². The Hall–Kier alpha value is -1.87. The van der Waals surface area contributed by atoms with Gasteiger partial charge in [0, 0.05) is 13.0 Å². The van der Waals surface area contributed by atoms with Crippen molar-refractivity contribution >= 4 is 16.7 Å². The number of carbonyl (C=O) groups is 1. The van der Waals surface area contributed by atoms with Gasteiger partial charge in [-0.25, -0.2) is 0 Å². The highest BCUT2D eigenvalue weighted by Crippen LogP contribution is 2.16. The third kappa shape index (κ3) is 5.15. The second kappa shape index (κ2) is 8.54. The fourth-order valence-corrected chi connectivity index (χ4v) is 2.52. The van der Waals surface area contributed by atoms with Crippen LogP contribution in [0, 0.1) is 0 Å². The molecule has 0 aliphatic carbocycles. The monoisotopic (exact) mass is 299 g/mol. The van der Waals surface area contributed by atoms with Crippen LogP contribution in [0.25, 0.3) is 10.8 Å². The molecule has 0 saturated heterocycles. The van der Waals surface area contributed by atoms with E-state index in [1.165, 1.54) is 16.3 Å². The van der Waals surface area contributed by atoms with Crippen LogP contribution in [0.5, 0.6) is 0 Å². The molecule has 0 saturated carbocycles. The number of aliphatic hydroxyl groups is 1. The van der Waals surface area contributed by atoms with Crippen LogP contribution in [-0.2, 0) is 11.2 Å². The Morgan fingerprint density at radius 2 is 1.95 bits per heavy atom. The second-order valence-electron chi connectivity index (χ2n) is 5.74. The summed E-state index contributed by atoms with van der Waals surface area (Å²) in [6, 6.07) is 14.8. The molecule has 0 radical (unpaired) electrons. The van der Waals surface area contributed by atoms with E-state index in [0.717, 1.165) is 19.3 Å². The number of aliphatic hydroxyl groups excluding tert-OH is 1. The van der Waals surface area contributed by atoms with E-state index in [4.69, 9.17) is 0 Å². The maximum Gasteiger partial charge on any atom is 0.220 e. The third-order valence-corrected chi connectivity index (χ3v) is 3.95. The Morgan fingerprint density at radius 1 is 1.18 bits per heavy atom. The molecule has 0 fully saturated rings. The van der Waals surface area contributed by atoms with Gasteiger partial charge in [0.25, 0.3) is 0 Å². The van der Waals surface area contributed by atoms with Gasteiger partial charge in [-0.3, -0.25) is 4.79 Å². The number of hydrogen-bond acceptors (Lipinski definition) is 2. The molecule has 0 aliphatic rings. The van der Waals surface area contributed by atoms with Gasteiger partial charge >= 0.3 is 0 Å². The van der Waals surface area contributed by atoms with Crippen LogP contribution < -0.4 is 5.32 Å². The first-order valence-corrected chi connectivity index (χ1v) is 8.11. The van der Waals surface area contributed by atoms with Crippen LogP contribution in [0.2, 0.25) is 0 Å². The van der Waals surface area contributed by atoms with Crippen molar-refractivity contribution in [3.63, 3.8) is 0 Å². The molecule has 3 heteroatoms. The molecule has 0 bridgehead atoms. The normalized spacial score (nSPS) is 12.3. The average Bonchev–Trinajstić information content (AvgIpc) is 2.54. The lowest BCUT2D eigenvalue weighted by Gasteiger charge is -2.09. The number of amides is 1. The lowest BCUT2D eigenvalue weighted by atomic mass is 10.0. The predicted octanol–water partition coefficient (Wildman–Crippen LogP) is 3.44. The zero-order chi connectivity index (χ0) is 15.8. The predicted molar refractivity (Wildman–Crippen MR) is 90.8 cm³/mol. The highest BCUT2D eigenvalue weighted by Gasteiger charge is 2.04. The molecule has 0 aromatic heterocycles. The number of fused-ring (bicyclic) bond motifs is 1. The van der Waals surface area contributed by atoms with Crippen molar-refractivity contribution in [3.05, 3.63) is 48.0 Å². The second-order valence-corrected chi connectivity index (χ2v) is 5.74. The molecule has 1 amide bonds. The van der Waals surface area contributed by atoms with Crippen molar-refractivity contribution in [2.45, 2.75) is 45.1 Å². The molecule has 22 heavy (non-hydrogen) atoms. The molecule has 118 valence electrons. The Kier molecular flexibility index (Phi) is 6.41. The summed E-state index contributed by atoms with van der Waals surface area (Å²) in [6.07, 6.45) is 3.36. The van der Waals surface area contributed by atoms with Crippen molar-refractivity contribution < 1.29 is 9.90 Å². The molecule has 2 aromatic carbocycles. The Morgan fingerprint density at radius 3 is 2.73 bits per heavy atom. The molecular weight excluding hydrogens is 274 g/mol. The number of rotatable bonds is 8. The summed E-state index contributed by atoms with van der Waals surface area (Å²) in [5.74, 6) is 0.0732. The van der Waals surface area contributed by atoms with Crippen LogP contribution in [0.1, 0.15) is 38.2 Å². The van der Waals surface area contributed by atoms with Crippen LogP contribution in [0.4, 0.5) is 0 Å². The van der Waals surface area contributed by atoms with Gasteiger partial charge in [0.1, 0.15) is 0 Å². The van der Waals surface area contributed by atoms with Gasteiger partial charge in [-0.15, -0.1) is 0 Å². The minimum atomic E-state index is -0.308. The molecule has 2 aromatic rings. The topological polar surface area (TPSA) is 49.3 Å². The van der Waals surface area contributed by atoms with Gasteiger partial charge in [-0.2, -0.15) is 0 Å². The molecule has 2 N–H and O–H groups in total. The van der Waals surface area contributed by atoms with Gasteiger partial charge in [0.2, 0.25) is 5.91 Å². The SMILES string of the molecule is CCC(O)CCNC(=O)CCCc1ccc2ccccc2c1. The standard InChI is InChI=1S/C19H25NO2/c1-2-18(21)12-13-20-19(22)9-5-6-15-10-11-16-7-3-4-8-17(16)14-15/h3-4,7-8,10-11,14,18,21H,2,5-6,9,12-13H2,1H3,(H,20,22). The van der Waals surface area contributed by atoms with E-state index in [9.17, 15) is 9.90 Å². The number of hydrogen-bond donors (Lipinski definition) is 2. The summed E-state index contributed by atoms with van der Waals surface area (Å²) >= 11 is 0. The molecule has 0 heterocycles. The van der Waals surface area contributed by atoms with E-state index in [1.807, 2.05) is 19.1 Å². The van der Waals surface area contributed by atoms with E-state index < -0.39 is 0 Å². The van der Waals surface area contributed by atoms with E-state index in [-0.39, 0.29) is 12.0 Å². The molecule has 0 aliphatic heterocycles. The summed E-state index contributed by atoms with van der Waals surface area (Å²) in [6.45, 7) is 2.50. The van der Waals surface area contributed by atoms with E-state index >= 15 is 0 Å². The maximum absolute atomic E-state index is 11.7. The van der Waals surface area contributed by atoms with Crippen molar-refractivity contribution in [2.24, 2.45) is 0 Å².